The molecule has 0 saturated carbocycles. The van der Waals surface area contributed by atoms with Gasteiger partial charge in [-0.05, 0) is 31.0 Å². The number of amides is 1. The Morgan fingerprint density at radius 3 is 2.29 bits per heavy atom. The molecule has 0 aliphatic heterocycles. The summed E-state index contributed by atoms with van der Waals surface area (Å²) in [5.41, 5.74) is 2.30. The lowest BCUT2D eigenvalue weighted by atomic mass is 10.1. The zero-order valence-electron chi connectivity index (χ0n) is 13.7. The molecule has 2 N–H and O–H groups in total. The third-order valence-electron chi connectivity index (χ3n) is 3.55. The lowest BCUT2D eigenvalue weighted by molar-refractivity contribution is -0.121. The van der Waals surface area contributed by atoms with E-state index in [2.05, 4.69) is 10.0 Å². The highest BCUT2D eigenvalue weighted by Crippen LogP contribution is 2.07. The van der Waals surface area contributed by atoms with E-state index in [0.29, 0.717) is 12.8 Å². The maximum absolute atomic E-state index is 12.0. The quantitative estimate of drug-likeness (QED) is 0.718. The van der Waals surface area contributed by atoms with Gasteiger partial charge in [0.2, 0.25) is 15.9 Å². The third-order valence-corrected chi connectivity index (χ3v) is 5.03. The predicted molar refractivity (Wildman–Crippen MR) is 94.1 cm³/mol. The van der Waals surface area contributed by atoms with Crippen LogP contribution in [-0.2, 0) is 21.2 Å². The minimum atomic E-state index is -3.52. The summed E-state index contributed by atoms with van der Waals surface area (Å²) in [5.74, 6) is -0.0884. The van der Waals surface area contributed by atoms with E-state index in [1.807, 2.05) is 31.2 Å². The van der Waals surface area contributed by atoms with E-state index in [4.69, 9.17) is 0 Å². The molecule has 2 aromatic carbocycles. The molecule has 0 aliphatic rings. The zero-order valence-corrected chi connectivity index (χ0v) is 14.5. The van der Waals surface area contributed by atoms with Gasteiger partial charge in [-0.3, -0.25) is 4.79 Å². The summed E-state index contributed by atoms with van der Waals surface area (Å²) < 4.78 is 26.5. The first kappa shape index (κ1) is 18.2. The van der Waals surface area contributed by atoms with Crippen molar-refractivity contribution in [3.8, 4) is 0 Å². The van der Waals surface area contributed by atoms with E-state index in [9.17, 15) is 13.2 Å². The SMILES string of the molecule is Cc1ccc(CCC(=O)NCCNS(=O)(=O)c2ccccc2)cc1. The van der Waals surface area contributed by atoms with Crippen LogP contribution in [0.2, 0.25) is 0 Å². The number of hydrogen-bond acceptors (Lipinski definition) is 3. The van der Waals surface area contributed by atoms with Crippen molar-refractivity contribution >= 4 is 15.9 Å². The number of sulfonamides is 1. The molecule has 0 atom stereocenters. The van der Waals surface area contributed by atoms with Crippen LogP contribution in [0.25, 0.3) is 0 Å². The third kappa shape index (κ3) is 5.79. The molecule has 128 valence electrons. The number of carbonyl (C=O) groups excluding carboxylic acids is 1. The lowest BCUT2D eigenvalue weighted by Gasteiger charge is -2.08. The fourth-order valence-electron chi connectivity index (χ4n) is 2.17. The molecule has 0 radical (unpaired) electrons. The Bertz CT molecular complexity index is 757. The van der Waals surface area contributed by atoms with Crippen molar-refractivity contribution in [3.05, 3.63) is 65.7 Å². The van der Waals surface area contributed by atoms with E-state index >= 15 is 0 Å². The van der Waals surface area contributed by atoms with Crippen molar-refractivity contribution in [2.75, 3.05) is 13.1 Å². The van der Waals surface area contributed by atoms with Crippen LogP contribution in [0.4, 0.5) is 0 Å². The Balaban J connectivity index is 1.68. The largest absolute Gasteiger partial charge is 0.355 e. The normalized spacial score (nSPS) is 11.2. The number of carbonyl (C=O) groups is 1. The summed E-state index contributed by atoms with van der Waals surface area (Å²) in [5, 5.41) is 2.72. The van der Waals surface area contributed by atoms with Crippen LogP contribution in [0, 0.1) is 6.92 Å². The van der Waals surface area contributed by atoms with Gasteiger partial charge in [0.1, 0.15) is 0 Å². The average Bonchev–Trinajstić information content (AvgIpc) is 2.59. The molecule has 2 aromatic rings. The molecular weight excluding hydrogens is 324 g/mol. The second-order valence-electron chi connectivity index (χ2n) is 5.55. The molecule has 0 fully saturated rings. The van der Waals surface area contributed by atoms with E-state index < -0.39 is 10.0 Å². The molecule has 5 nitrogen and oxygen atoms in total. The van der Waals surface area contributed by atoms with Crippen LogP contribution in [0.5, 0.6) is 0 Å². The predicted octanol–water partition coefficient (Wildman–Crippen LogP) is 2.02. The first-order valence-electron chi connectivity index (χ1n) is 7.84. The van der Waals surface area contributed by atoms with E-state index in [1.54, 1.807) is 18.2 Å². The van der Waals surface area contributed by atoms with Crippen molar-refractivity contribution in [1.29, 1.82) is 0 Å². The van der Waals surface area contributed by atoms with Gasteiger partial charge in [-0.15, -0.1) is 0 Å². The van der Waals surface area contributed by atoms with E-state index in [-0.39, 0.29) is 23.9 Å². The average molecular weight is 346 g/mol. The van der Waals surface area contributed by atoms with Crippen LogP contribution in [0.1, 0.15) is 17.5 Å². The maximum atomic E-state index is 12.0. The van der Waals surface area contributed by atoms with Crippen LogP contribution in [0.3, 0.4) is 0 Å². The molecule has 0 heterocycles. The first-order valence-corrected chi connectivity index (χ1v) is 9.33. The highest BCUT2D eigenvalue weighted by atomic mass is 32.2. The number of aryl methyl sites for hydroxylation is 2. The monoisotopic (exact) mass is 346 g/mol. The summed E-state index contributed by atoms with van der Waals surface area (Å²) in [6.45, 7) is 2.44. The number of nitrogens with one attached hydrogen (secondary N) is 2. The summed E-state index contributed by atoms with van der Waals surface area (Å²) >= 11 is 0. The molecule has 0 aliphatic carbocycles. The number of benzene rings is 2. The van der Waals surface area contributed by atoms with E-state index in [0.717, 1.165) is 5.56 Å². The summed E-state index contributed by atoms with van der Waals surface area (Å²) in [4.78, 5) is 12.0. The topological polar surface area (TPSA) is 75.3 Å². The molecule has 6 heteroatoms. The first-order chi connectivity index (χ1) is 11.5. The van der Waals surface area contributed by atoms with Crippen molar-refractivity contribution in [3.63, 3.8) is 0 Å². The minimum absolute atomic E-state index is 0.0884. The Morgan fingerprint density at radius 1 is 0.958 bits per heavy atom. The summed E-state index contributed by atoms with van der Waals surface area (Å²) in [6.07, 6.45) is 1.05. The van der Waals surface area contributed by atoms with Crippen LogP contribution >= 0.6 is 0 Å². The molecular formula is C18H22N2O3S. The van der Waals surface area contributed by atoms with Crippen molar-refractivity contribution in [1.82, 2.24) is 10.0 Å². The maximum Gasteiger partial charge on any atom is 0.240 e. The number of rotatable bonds is 8. The van der Waals surface area contributed by atoms with Crippen LogP contribution in [0.15, 0.2) is 59.5 Å². The highest BCUT2D eigenvalue weighted by molar-refractivity contribution is 7.89. The van der Waals surface area contributed by atoms with Gasteiger partial charge in [-0.25, -0.2) is 13.1 Å². The minimum Gasteiger partial charge on any atom is -0.355 e. The van der Waals surface area contributed by atoms with Gasteiger partial charge in [0.05, 0.1) is 4.90 Å². The Hall–Kier alpha value is -2.18. The van der Waals surface area contributed by atoms with E-state index in [1.165, 1.54) is 17.7 Å². The molecule has 2 rings (SSSR count). The summed E-state index contributed by atoms with van der Waals surface area (Å²) in [6, 6.07) is 16.2. The molecule has 0 unspecified atom stereocenters. The molecule has 0 saturated heterocycles. The second-order valence-corrected chi connectivity index (χ2v) is 7.31. The lowest BCUT2D eigenvalue weighted by Crippen LogP contribution is -2.34. The number of hydrogen-bond donors (Lipinski definition) is 2. The Labute approximate surface area is 143 Å². The van der Waals surface area contributed by atoms with Crippen LogP contribution < -0.4 is 10.0 Å². The van der Waals surface area contributed by atoms with Gasteiger partial charge in [-0.1, -0.05) is 48.0 Å². The molecule has 24 heavy (non-hydrogen) atoms. The Kier molecular flexibility index (Phi) is 6.52. The standard InChI is InChI=1S/C18H22N2O3S/c1-15-7-9-16(10-8-15)11-12-18(21)19-13-14-20-24(22,23)17-5-3-2-4-6-17/h2-10,20H,11-14H2,1H3,(H,19,21). The van der Waals surface area contributed by atoms with Gasteiger partial charge in [-0.2, -0.15) is 0 Å². The van der Waals surface area contributed by atoms with Gasteiger partial charge in [0, 0.05) is 19.5 Å². The molecule has 0 spiro atoms. The summed E-state index contributed by atoms with van der Waals surface area (Å²) in [7, 11) is -3.52. The fraction of sp³-hybridized carbons (Fsp3) is 0.278. The van der Waals surface area contributed by atoms with Gasteiger partial charge in [0.15, 0.2) is 0 Å². The molecule has 0 bridgehead atoms. The fourth-order valence-corrected chi connectivity index (χ4v) is 3.22. The highest BCUT2D eigenvalue weighted by Gasteiger charge is 2.12. The van der Waals surface area contributed by atoms with Gasteiger partial charge >= 0.3 is 0 Å². The zero-order chi connectivity index (χ0) is 17.4. The molecule has 0 aromatic heterocycles. The van der Waals surface area contributed by atoms with Crippen molar-refractivity contribution in [2.24, 2.45) is 0 Å². The van der Waals surface area contributed by atoms with Crippen LogP contribution in [-0.4, -0.2) is 27.4 Å². The van der Waals surface area contributed by atoms with Crippen molar-refractivity contribution in [2.45, 2.75) is 24.7 Å². The smallest absolute Gasteiger partial charge is 0.240 e. The molecule has 1 amide bonds. The van der Waals surface area contributed by atoms with Gasteiger partial charge in [0.25, 0.3) is 0 Å². The second kappa shape index (κ2) is 8.61. The Morgan fingerprint density at radius 2 is 1.62 bits per heavy atom. The van der Waals surface area contributed by atoms with Crippen molar-refractivity contribution < 1.29 is 13.2 Å². The van der Waals surface area contributed by atoms with Gasteiger partial charge < -0.3 is 5.32 Å².